The molecule has 0 atom stereocenters. The fourth-order valence-corrected chi connectivity index (χ4v) is 1.57. The molecule has 0 aromatic carbocycles. The summed E-state index contributed by atoms with van der Waals surface area (Å²) >= 11 is 0. The number of amides is 1. The van der Waals surface area contributed by atoms with Crippen LogP contribution >= 0.6 is 24.0 Å². The lowest BCUT2D eigenvalue weighted by atomic mass is 10.1. The summed E-state index contributed by atoms with van der Waals surface area (Å²) in [6, 6.07) is 1.92. The average molecular weight is 423 g/mol. The number of nitrogens with zero attached hydrogens (tertiary/aromatic N) is 2. The molecule has 0 saturated heterocycles. The van der Waals surface area contributed by atoms with E-state index in [1.165, 1.54) is 0 Å². The molecule has 0 radical (unpaired) electrons. The highest BCUT2D eigenvalue weighted by atomic mass is 127. The van der Waals surface area contributed by atoms with E-state index in [4.69, 9.17) is 4.52 Å². The zero-order valence-corrected chi connectivity index (χ0v) is 15.9. The largest absolute Gasteiger partial charge is 0.359 e. The highest BCUT2D eigenvalue weighted by molar-refractivity contribution is 14.0. The third-order valence-electron chi connectivity index (χ3n) is 2.81. The number of aliphatic imine (C=N–C) groups is 1. The van der Waals surface area contributed by atoms with Gasteiger partial charge in [0.15, 0.2) is 11.7 Å². The van der Waals surface area contributed by atoms with Crippen molar-refractivity contribution in [3.63, 3.8) is 0 Å². The van der Waals surface area contributed by atoms with Crippen LogP contribution < -0.4 is 16.0 Å². The van der Waals surface area contributed by atoms with Crippen LogP contribution in [0.5, 0.6) is 0 Å². The molecular formula is C14H26IN5O2. The summed E-state index contributed by atoms with van der Waals surface area (Å²) in [4.78, 5) is 15.5. The molecular weight excluding hydrogens is 397 g/mol. The molecule has 0 saturated carbocycles. The highest BCUT2D eigenvalue weighted by Gasteiger charge is 2.08. The number of hydrogen-bond acceptors (Lipinski definition) is 4. The van der Waals surface area contributed by atoms with Gasteiger partial charge in [-0.2, -0.15) is 0 Å². The average Bonchev–Trinajstić information content (AvgIpc) is 2.94. The minimum Gasteiger partial charge on any atom is -0.359 e. The molecule has 8 heteroatoms. The van der Waals surface area contributed by atoms with Crippen LogP contribution in [0.1, 0.15) is 44.6 Å². The third kappa shape index (κ3) is 7.62. The molecule has 7 nitrogen and oxygen atoms in total. The lowest BCUT2D eigenvalue weighted by molar-refractivity contribution is -0.120. The van der Waals surface area contributed by atoms with Crippen molar-refractivity contribution >= 4 is 35.8 Å². The Labute approximate surface area is 148 Å². The molecule has 1 amide bonds. The fraction of sp³-hybridized carbons (Fsp3) is 0.643. The number of carbonyl (C=O) groups excluding carboxylic acids is 1. The second kappa shape index (κ2) is 11.3. The van der Waals surface area contributed by atoms with Gasteiger partial charge in [-0.15, -0.1) is 24.0 Å². The minimum absolute atomic E-state index is 0. The molecule has 1 rings (SSSR count). The van der Waals surface area contributed by atoms with E-state index in [-0.39, 0.29) is 36.4 Å². The Morgan fingerprint density at radius 1 is 1.36 bits per heavy atom. The van der Waals surface area contributed by atoms with Crippen molar-refractivity contribution in [1.29, 1.82) is 0 Å². The van der Waals surface area contributed by atoms with Crippen LogP contribution in [0.4, 0.5) is 0 Å². The Bertz CT molecular complexity index is 474. The van der Waals surface area contributed by atoms with Gasteiger partial charge in [-0.1, -0.05) is 25.9 Å². The molecule has 22 heavy (non-hydrogen) atoms. The Kier molecular flexibility index (Phi) is 10.6. The summed E-state index contributed by atoms with van der Waals surface area (Å²) in [6.45, 7) is 7.47. The number of nitrogens with one attached hydrogen (secondary N) is 3. The van der Waals surface area contributed by atoms with Crippen molar-refractivity contribution in [2.75, 3.05) is 20.1 Å². The fourth-order valence-electron chi connectivity index (χ4n) is 1.57. The van der Waals surface area contributed by atoms with E-state index in [9.17, 15) is 4.79 Å². The van der Waals surface area contributed by atoms with Crippen LogP contribution in [-0.2, 0) is 11.3 Å². The molecule has 1 heterocycles. The summed E-state index contributed by atoms with van der Waals surface area (Å²) in [5.41, 5.74) is 0.925. The minimum atomic E-state index is -0.0541. The van der Waals surface area contributed by atoms with E-state index in [0.717, 1.165) is 17.9 Å². The van der Waals surface area contributed by atoms with Crippen molar-refractivity contribution < 1.29 is 9.32 Å². The molecule has 0 fully saturated rings. The predicted octanol–water partition coefficient (Wildman–Crippen LogP) is 1.61. The van der Waals surface area contributed by atoms with Gasteiger partial charge in [-0.05, 0) is 12.3 Å². The zero-order valence-electron chi connectivity index (χ0n) is 13.6. The first-order chi connectivity index (χ1) is 10.1. The molecule has 1 aromatic rings. The predicted molar refractivity (Wildman–Crippen MR) is 97.5 cm³/mol. The van der Waals surface area contributed by atoms with E-state index in [1.54, 1.807) is 7.05 Å². The second-order valence-corrected chi connectivity index (χ2v) is 5.00. The van der Waals surface area contributed by atoms with Crippen molar-refractivity contribution in [2.24, 2.45) is 4.99 Å². The highest BCUT2D eigenvalue weighted by Crippen LogP contribution is 2.13. The maximum Gasteiger partial charge on any atom is 0.239 e. The molecule has 0 aliphatic heterocycles. The first-order valence-corrected chi connectivity index (χ1v) is 7.23. The number of aromatic nitrogens is 1. The lowest BCUT2D eigenvalue weighted by Gasteiger charge is -2.10. The Morgan fingerprint density at radius 2 is 2.09 bits per heavy atom. The number of guanidine groups is 1. The van der Waals surface area contributed by atoms with Crippen LogP contribution in [0.3, 0.4) is 0 Å². The molecule has 0 bridgehead atoms. The zero-order chi connectivity index (χ0) is 15.7. The van der Waals surface area contributed by atoms with Gasteiger partial charge in [-0.3, -0.25) is 9.79 Å². The van der Waals surface area contributed by atoms with Crippen LogP contribution in [-0.4, -0.2) is 37.2 Å². The van der Waals surface area contributed by atoms with Gasteiger partial charge < -0.3 is 20.5 Å². The summed E-state index contributed by atoms with van der Waals surface area (Å²) in [7, 11) is 1.65. The molecule has 0 unspecified atom stereocenters. The normalized spacial score (nSPS) is 11.0. The number of hydrogen-bond donors (Lipinski definition) is 3. The van der Waals surface area contributed by atoms with E-state index in [2.05, 4.69) is 39.9 Å². The molecule has 126 valence electrons. The monoisotopic (exact) mass is 423 g/mol. The first kappa shape index (κ1) is 20.7. The molecule has 0 aliphatic rings. The SMILES string of the molecule is CCCNC(=O)CNC(=NC)NCc1cc(C(C)C)no1.I. The molecule has 0 aliphatic carbocycles. The third-order valence-corrected chi connectivity index (χ3v) is 2.81. The second-order valence-electron chi connectivity index (χ2n) is 5.00. The van der Waals surface area contributed by atoms with E-state index in [1.807, 2.05) is 13.0 Å². The van der Waals surface area contributed by atoms with Crippen LogP contribution in [0.25, 0.3) is 0 Å². The standard InChI is InChI=1S/C14H25N5O2.HI/c1-5-6-16-13(20)9-18-14(15-4)17-8-11-7-12(10(2)3)19-21-11;/h7,10H,5-6,8-9H2,1-4H3,(H,16,20)(H2,15,17,18);1H. The van der Waals surface area contributed by atoms with Gasteiger partial charge in [0.25, 0.3) is 0 Å². The van der Waals surface area contributed by atoms with Gasteiger partial charge >= 0.3 is 0 Å². The van der Waals surface area contributed by atoms with Gasteiger partial charge in [-0.25, -0.2) is 0 Å². The van der Waals surface area contributed by atoms with Crippen molar-refractivity contribution in [3.05, 3.63) is 17.5 Å². The lowest BCUT2D eigenvalue weighted by Crippen LogP contribution is -2.43. The summed E-state index contributed by atoms with van der Waals surface area (Å²) in [6.07, 6.45) is 0.919. The van der Waals surface area contributed by atoms with Crippen molar-refractivity contribution in [1.82, 2.24) is 21.1 Å². The van der Waals surface area contributed by atoms with E-state index >= 15 is 0 Å². The summed E-state index contributed by atoms with van der Waals surface area (Å²) < 4.78 is 5.22. The van der Waals surface area contributed by atoms with E-state index in [0.29, 0.717) is 25.0 Å². The Balaban J connectivity index is 0.00000441. The van der Waals surface area contributed by atoms with Gasteiger partial charge in [0.2, 0.25) is 5.91 Å². The Hall–Kier alpha value is -1.32. The Morgan fingerprint density at radius 3 is 2.64 bits per heavy atom. The number of carbonyl (C=O) groups is 1. The maximum absolute atomic E-state index is 11.5. The first-order valence-electron chi connectivity index (χ1n) is 7.23. The van der Waals surface area contributed by atoms with Crippen LogP contribution in [0, 0.1) is 0 Å². The summed E-state index contributed by atoms with van der Waals surface area (Å²) in [5, 5.41) is 12.8. The smallest absolute Gasteiger partial charge is 0.239 e. The van der Waals surface area contributed by atoms with Crippen LogP contribution in [0.2, 0.25) is 0 Å². The van der Waals surface area contributed by atoms with E-state index < -0.39 is 0 Å². The quantitative estimate of drug-likeness (QED) is 0.352. The molecule has 0 spiro atoms. The van der Waals surface area contributed by atoms with Crippen LogP contribution in [0.15, 0.2) is 15.6 Å². The van der Waals surface area contributed by atoms with Crippen molar-refractivity contribution in [3.8, 4) is 0 Å². The van der Waals surface area contributed by atoms with Gasteiger partial charge in [0.1, 0.15) is 0 Å². The van der Waals surface area contributed by atoms with Gasteiger partial charge in [0, 0.05) is 19.7 Å². The number of rotatable bonds is 7. The molecule has 3 N–H and O–H groups in total. The summed E-state index contributed by atoms with van der Waals surface area (Å²) in [5.74, 6) is 1.56. The van der Waals surface area contributed by atoms with Gasteiger partial charge in [0.05, 0.1) is 18.8 Å². The topological polar surface area (TPSA) is 91.5 Å². The maximum atomic E-state index is 11.5. The number of halogens is 1. The van der Waals surface area contributed by atoms with Crippen molar-refractivity contribution in [2.45, 2.75) is 39.7 Å². The molecule has 1 aromatic heterocycles.